The number of nitrogens with one attached hydrogen (secondary N) is 1. The van der Waals surface area contributed by atoms with E-state index in [0.717, 1.165) is 16.2 Å². The van der Waals surface area contributed by atoms with Crippen molar-refractivity contribution < 1.29 is 13.9 Å². The van der Waals surface area contributed by atoms with Crippen LogP contribution in [0.15, 0.2) is 46.2 Å². The molecule has 6 heteroatoms. The zero-order chi connectivity index (χ0) is 18.7. The van der Waals surface area contributed by atoms with Gasteiger partial charge in [0.15, 0.2) is 5.69 Å². The number of thiophene rings is 1. The van der Waals surface area contributed by atoms with Crippen LogP contribution in [0.2, 0.25) is 0 Å². The molecular formula is C20H22N2O3S. The third-order valence-corrected chi connectivity index (χ3v) is 5.03. The summed E-state index contributed by atoms with van der Waals surface area (Å²) in [6.07, 6.45) is 0. The van der Waals surface area contributed by atoms with Gasteiger partial charge in [-0.15, -0.1) is 11.3 Å². The number of nitrogens with zero attached hydrogens (tertiary/aromatic N) is 1. The molecule has 0 fully saturated rings. The van der Waals surface area contributed by atoms with E-state index in [1.54, 1.807) is 14.0 Å². The molecule has 2 aromatic heterocycles. The number of hydrogen-bond donors (Lipinski definition) is 1. The highest BCUT2D eigenvalue weighted by molar-refractivity contribution is 7.13. The Hall–Kier alpha value is -2.60. The lowest BCUT2D eigenvalue weighted by atomic mass is 9.95. The second-order valence-corrected chi connectivity index (χ2v) is 7.32. The Morgan fingerprint density at radius 2 is 1.96 bits per heavy atom. The largest absolute Gasteiger partial charge is 0.497 e. The molecule has 0 spiro atoms. The maximum Gasteiger partial charge on any atom is 0.274 e. The summed E-state index contributed by atoms with van der Waals surface area (Å²) in [6, 6.07) is 11.5. The Bertz CT molecular complexity index is 867. The summed E-state index contributed by atoms with van der Waals surface area (Å²) in [5, 5.41) is 5.04. The summed E-state index contributed by atoms with van der Waals surface area (Å²) >= 11 is 1.53. The number of hydrogen-bond acceptors (Lipinski definition) is 5. The molecule has 136 valence electrons. The first-order valence-corrected chi connectivity index (χ1v) is 9.33. The highest BCUT2D eigenvalue weighted by Crippen LogP contribution is 2.27. The predicted molar refractivity (Wildman–Crippen MR) is 103 cm³/mol. The highest BCUT2D eigenvalue weighted by atomic mass is 32.1. The minimum Gasteiger partial charge on any atom is -0.497 e. The van der Waals surface area contributed by atoms with E-state index in [2.05, 4.69) is 24.1 Å². The number of carbonyl (C=O) groups is 1. The predicted octanol–water partition coefficient (Wildman–Crippen LogP) is 4.85. The Morgan fingerprint density at radius 3 is 2.54 bits per heavy atom. The first-order valence-electron chi connectivity index (χ1n) is 8.45. The molecule has 26 heavy (non-hydrogen) atoms. The van der Waals surface area contributed by atoms with Crippen LogP contribution in [0, 0.1) is 12.8 Å². The zero-order valence-electron chi connectivity index (χ0n) is 15.3. The molecule has 3 aromatic rings. The van der Waals surface area contributed by atoms with Gasteiger partial charge in [0.1, 0.15) is 11.5 Å². The molecule has 1 amide bonds. The molecular weight excluding hydrogens is 348 g/mol. The molecule has 1 unspecified atom stereocenters. The lowest BCUT2D eigenvalue weighted by Crippen LogP contribution is -2.32. The van der Waals surface area contributed by atoms with Gasteiger partial charge in [-0.1, -0.05) is 32.0 Å². The third-order valence-electron chi connectivity index (χ3n) is 4.17. The van der Waals surface area contributed by atoms with Crippen molar-refractivity contribution >= 4 is 17.2 Å². The van der Waals surface area contributed by atoms with Gasteiger partial charge in [0.05, 0.1) is 18.0 Å². The SMILES string of the molecule is COc1ccc(C(NC(=O)c2nc(-c3cccs3)oc2C)C(C)C)cc1. The van der Waals surface area contributed by atoms with Gasteiger partial charge in [-0.05, 0) is 42.0 Å². The van der Waals surface area contributed by atoms with Gasteiger partial charge in [0.25, 0.3) is 5.91 Å². The van der Waals surface area contributed by atoms with Gasteiger partial charge in [0.2, 0.25) is 5.89 Å². The number of oxazole rings is 1. The minimum atomic E-state index is -0.233. The Balaban J connectivity index is 1.82. The second-order valence-electron chi connectivity index (χ2n) is 6.37. The maximum atomic E-state index is 12.8. The summed E-state index contributed by atoms with van der Waals surface area (Å²) in [5.41, 5.74) is 1.35. The van der Waals surface area contributed by atoms with Crippen molar-refractivity contribution in [1.29, 1.82) is 0 Å². The number of methoxy groups -OCH3 is 1. The van der Waals surface area contributed by atoms with E-state index >= 15 is 0 Å². The number of rotatable bonds is 6. The van der Waals surface area contributed by atoms with Crippen LogP contribution in [0.3, 0.4) is 0 Å². The van der Waals surface area contributed by atoms with E-state index in [1.165, 1.54) is 11.3 Å². The van der Waals surface area contributed by atoms with E-state index in [-0.39, 0.29) is 17.9 Å². The van der Waals surface area contributed by atoms with Gasteiger partial charge < -0.3 is 14.5 Å². The average molecular weight is 370 g/mol. The van der Waals surface area contributed by atoms with Gasteiger partial charge in [-0.3, -0.25) is 4.79 Å². The average Bonchev–Trinajstić information content (AvgIpc) is 3.29. The van der Waals surface area contributed by atoms with E-state index in [0.29, 0.717) is 17.3 Å². The van der Waals surface area contributed by atoms with Crippen LogP contribution in [0.4, 0.5) is 0 Å². The van der Waals surface area contributed by atoms with Crippen molar-refractivity contribution in [2.45, 2.75) is 26.8 Å². The molecule has 0 aliphatic carbocycles. The van der Waals surface area contributed by atoms with E-state index < -0.39 is 0 Å². The van der Waals surface area contributed by atoms with E-state index in [9.17, 15) is 4.79 Å². The number of benzene rings is 1. The Kier molecular flexibility index (Phi) is 5.42. The summed E-state index contributed by atoms with van der Waals surface area (Å²) in [4.78, 5) is 18.1. The quantitative estimate of drug-likeness (QED) is 0.674. The summed E-state index contributed by atoms with van der Waals surface area (Å²) in [7, 11) is 1.63. The summed E-state index contributed by atoms with van der Waals surface area (Å²) < 4.78 is 10.9. The van der Waals surface area contributed by atoms with Crippen LogP contribution < -0.4 is 10.1 Å². The van der Waals surface area contributed by atoms with Crippen molar-refractivity contribution in [2.24, 2.45) is 5.92 Å². The number of aromatic nitrogens is 1. The minimum absolute atomic E-state index is 0.130. The maximum absolute atomic E-state index is 12.8. The number of ether oxygens (including phenoxy) is 1. The summed E-state index contributed by atoms with van der Waals surface area (Å²) in [5.74, 6) is 1.77. The normalized spacial score (nSPS) is 12.2. The topological polar surface area (TPSA) is 64.4 Å². The van der Waals surface area contributed by atoms with Crippen molar-refractivity contribution in [3.63, 3.8) is 0 Å². The Labute approximate surface area is 157 Å². The summed E-state index contributed by atoms with van der Waals surface area (Å²) in [6.45, 7) is 5.90. The molecule has 1 atom stereocenters. The first-order chi connectivity index (χ1) is 12.5. The van der Waals surface area contributed by atoms with Gasteiger partial charge >= 0.3 is 0 Å². The van der Waals surface area contributed by atoms with Gasteiger partial charge in [0, 0.05) is 0 Å². The molecule has 2 heterocycles. The zero-order valence-corrected chi connectivity index (χ0v) is 16.1. The smallest absolute Gasteiger partial charge is 0.274 e. The monoisotopic (exact) mass is 370 g/mol. The van der Waals surface area contributed by atoms with Crippen LogP contribution in [-0.4, -0.2) is 18.0 Å². The molecule has 0 saturated heterocycles. The van der Waals surface area contributed by atoms with Crippen LogP contribution in [0.25, 0.3) is 10.8 Å². The molecule has 1 N–H and O–H groups in total. The molecule has 0 aliphatic rings. The number of amides is 1. The molecule has 1 aromatic carbocycles. The van der Waals surface area contributed by atoms with Crippen molar-refractivity contribution in [1.82, 2.24) is 10.3 Å². The molecule has 0 bridgehead atoms. The first kappa shape index (κ1) is 18.2. The molecule has 3 rings (SSSR count). The van der Waals surface area contributed by atoms with E-state index in [1.807, 2.05) is 41.8 Å². The molecule has 0 saturated carbocycles. The second kappa shape index (κ2) is 7.74. The lowest BCUT2D eigenvalue weighted by molar-refractivity contribution is 0.0919. The number of carbonyl (C=O) groups excluding carboxylic acids is 1. The van der Waals surface area contributed by atoms with Crippen LogP contribution in [0.5, 0.6) is 5.75 Å². The van der Waals surface area contributed by atoms with Crippen molar-refractivity contribution in [2.75, 3.05) is 7.11 Å². The van der Waals surface area contributed by atoms with Crippen LogP contribution in [-0.2, 0) is 0 Å². The van der Waals surface area contributed by atoms with E-state index in [4.69, 9.17) is 9.15 Å². The fraction of sp³-hybridized carbons (Fsp3) is 0.300. The van der Waals surface area contributed by atoms with Crippen molar-refractivity contribution in [3.05, 3.63) is 58.8 Å². The fourth-order valence-corrected chi connectivity index (χ4v) is 3.42. The molecule has 5 nitrogen and oxygen atoms in total. The third kappa shape index (κ3) is 3.80. The Morgan fingerprint density at radius 1 is 1.23 bits per heavy atom. The molecule has 0 aliphatic heterocycles. The van der Waals surface area contributed by atoms with Gasteiger partial charge in [-0.25, -0.2) is 4.98 Å². The van der Waals surface area contributed by atoms with Crippen LogP contribution in [0.1, 0.15) is 41.7 Å². The van der Waals surface area contributed by atoms with Gasteiger partial charge in [-0.2, -0.15) is 0 Å². The molecule has 0 radical (unpaired) electrons. The lowest BCUT2D eigenvalue weighted by Gasteiger charge is -2.22. The number of aryl methyl sites for hydroxylation is 1. The standard InChI is InChI=1S/C20H22N2O3S/c1-12(2)17(14-7-9-15(24-4)10-8-14)21-19(23)18-13(3)25-20(22-18)16-6-5-11-26-16/h5-12,17H,1-4H3,(H,21,23). The highest BCUT2D eigenvalue weighted by Gasteiger charge is 2.24. The van der Waals surface area contributed by atoms with Crippen molar-refractivity contribution in [3.8, 4) is 16.5 Å². The fourth-order valence-electron chi connectivity index (χ4n) is 2.77. The van der Waals surface area contributed by atoms with Crippen LogP contribution >= 0.6 is 11.3 Å².